The van der Waals surface area contributed by atoms with Crippen LogP contribution < -0.4 is 16.4 Å². The highest BCUT2D eigenvalue weighted by Gasteiger charge is 2.26. The molecule has 1 atom stereocenters. The van der Waals surface area contributed by atoms with Crippen LogP contribution in [0.15, 0.2) is 0 Å². The molecule has 27 heavy (non-hydrogen) atoms. The number of nitrogens with one attached hydrogen (secondary N) is 2. The Bertz CT molecular complexity index is 503. The molecule has 0 radical (unpaired) electrons. The molecule has 8 nitrogen and oxygen atoms in total. The number of piperazine rings is 1. The van der Waals surface area contributed by atoms with E-state index in [2.05, 4.69) is 10.6 Å². The molecule has 2 rings (SSSR count). The fourth-order valence-corrected chi connectivity index (χ4v) is 3.37. The maximum Gasteiger partial charge on any atom is 0.317 e. The lowest BCUT2D eigenvalue weighted by atomic mass is 9.96. The molecular weight excluding hydrogens is 370 g/mol. The molecule has 1 aliphatic heterocycles. The van der Waals surface area contributed by atoms with Crippen LogP contribution in [-0.2, 0) is 9.59 Å². The van der Waals surface area contributed by atoms with Crippen molar-refractivity contribution in [1.29, 1.82) is 0 Å². The smallest absolute Gasteiger partial charge is 0.317 e. The van der Waals surface area contributed by atoms with Crippen LogP contribution in [0, 0.1) is 5.92 Å². The van der Waals surface area contributed by atoms with E-state index in [0.717, 1.165) is 12.8 Å². The van der Waals surface area contributed by atoms with Crippen LogP contribution in [0.25, 0.3) is 0 Å². The third kappa shape index (κ3) is 7.18. The van der Waals surface area contributed by atoms with E-state index in [9.17, 15) is 14.4 Å². The molecule has 9 heteroatoms. The predicted octanol–water partition coefficient (Wildman–Crippen LogP) is 0.694. The summed E-state index contributed by atoms with van der Waals surface area (Å²) >= 11 is 0. The topological polar surface area (TPSA) is 108 Å². The summed E-state index contributed by atoms with van der Waals surface area (Å²) in [6, 6.07) is -0.348. The average molecular weight is 404 g/mol. The van der Waals surface area contributed by atoms with Crippen molar-refractivity contribution in [2.75, 3.05) is 32.7 Å². The second-order valence-electron chi connectivity index (χ2n) is 7.64. The highest BCUT2D eigenvalue weighted by Crippen LogP contribution is 2.17. The molecule has 4 amide bonds. The molecule has 0 spiro atoms. The number of nitrogens with two attached hydrogens (primary N) is 1. The molecule has 1 heterocycles. The van der Waals surface area contributed by atoms with Crippen molar-refractivity contribution in [3.05, 3.63) is 0 Å². The Balaban J connectivity index is 0.00000364. The molecule has 0 unspecified atom stereocenters. The quantitative estimate of drug-likeness (QED) is 0.627. The van der Waals surface area contributed by atoms with Crippen LogP contribution >= 0.6 is 12.4 Å². The fourth-order valence-electron chi connectivity index (χ4n) is 3.37. The van der Waals surface area contributed by atoms with Gasteiger partial charge in [-0.1, -0.05) is 33.1 Å². The van der Waals surface area contributed by atoms with Crippen LogP contribution in [-0.4, -0.2) is 72.5 Å². The van der Waals surface area contributed by atoms with Gasteiger partial charge in [-0.25, -0.2) is 4.79 Å². The zero-order valence-electron chi connectivity index (χ0n) is 16.4. The minimum atomic E-state index is -0.608. The Morgan fingerprint density at radius 2 is 1.56 bits per heavy atom. The van der Waals surface area contributed by atoms with Crippen LogP contribution in [0.2, 0.25) is 0 Å². The molecular formula is C18H34ClN5O3. The number of halogens is 1. The van der Waals surface area contributed by atoms with Gasteiger partial charge in [0.05, 0.1) is 12.6 Å². The third-order valence-corrected chi connectivity index (χ3v) is 5.29. The van der Waals surface area contributed by atoms with Crippen molar-refractivity contribution in [2.24, 2.45) is 11.7 Å². The summed E-state index contributed by atoms with van der Waals surface area (Å²) in [6.45, 7) is 5.69. The van der Waals surface area contributed by atoms with Crippen molar-refractivity contribution in [3.63, 3.8) is 0 Å². The van der Waals surface area contributed by atoms with Gasteiger partial charge in [-0.3, -0.25) is 9.59 Å². The Morgan fingerprint density at radius 3 is 2.11 bits per heavy atom. The molecule has 0 bridgehead atoms. The molecule has 1 aliphatic carbocycles. The second-order valence-corrected chi connectivity index (χ2v) is 7.64. The summed E-state index contributed by atoms with van der Waals surface area (Å²) in [5, 5.41) is 5.71. The van der Waals surface area contributed by atoms with Gasteiger partial charge in [0, 0.05) is 32.2 Å². The van der Waals surface area contributed by atoms with E-state index >= 15 is 0 Å². The van der Waals surface area contributed by atoms with Gasteiger partial charge in [-0.15, -0.1) is 12.4 Å². The first-order chi connectivity index (χ1) is 12.4. The summed E-state index contributed by atoms with van der Waals surface area (Å²) in [6.07, 6.45) is 5.73. The summed E-state index contributed by atoms with van der Waals surface area (Å²) in [4.78, 5) is 39.9. The Labute approximate surface area is 168 Å². The highest BCUT2D eigenvalue weighted by atomic mass is 35.5. The molecule has 0 aromatic carbocycles. The summed E-state index contributed by atoms with van der Waals surface area (Å²) in [5.41, 5.74) is 5.76. The van der Waals surface area contributed by atoms with E-state index in [1.54, 1.807) is 9.80 Å². The third-order valence-electron chi connectivity index (χ3n) is 5.29. The van der Waals surface area contributed by atoms with E-state index in [1.165, 1.54) is 19.3 Å². The van der Waals surface area contributed by atoms with Gasteiger partial charge in [-0.05, 0) is 18.8 Å². The standard InChI is InChI=1S/C18H33N5O3.ClH/c1-13(2)16(19)17(25)20-12-15(24)22-8-10-23(11-9-22)18(26)21-14-6-4-3-5-7-14;/h13-14,16H,3-12,19H2,1-2H3,(H,20,25)(H,21,26);1H/t16-;/m0./s1. The van der Waals surface area contributed by atoms with Crippen LogP contribution in [0.1, 0.15) is 46.0 Å². The number of amides is 4. The van der Waals surface area contributed by atoms with Gasteiger partial charge >= 0.3 is 6.03 Å². The zero-order valence-corrected chi connectivity index (χ0v) is 17.2. The van der Waals surface area contributed by atoms with Gasteiger partial charge in [0.15, 0.2) is 0 Å². The summed E-state index contributed by atoms with van der Waals surface area (Å²) < 4.78 is 0. The lowest BCUT2D eigenvalue weighted by Gasteiger charge is -2.36. The lowest BCUT2D eigenvalue weighted by molar-refractivity contribution is -0.134. The zero-order chi connectivity index (χ0) is 19.1. The van der Waals surface area contributed by atoms with Gasteiger partial charge in [-0.2, -0.15) is 0 Å². The maximum absolute atomic E-state index is 12.3. The number of carbonyl (C=O) groups is 3. The first-order valence-corrected chi connectivity index (χ1v) is 9.75. The molecule has 0 aromatic rings. The molecule has 2 fully saturated rings. The second kappa shape index (κ2) is 11.3. The van der Waals surface area contributed by atoms with Crippen LogP contribution in [0.5, 0.6) is 0 Å². The SMILES string of the molecule is CC(C)[C@H](N)C(=O)NCC(=O)N1CCN(C(=O)NC2CCCCC2)CC1.Cl. The molecule has 156 valence electrons. The number of rotatable bonds is 5. The van der Waals surface area contributed by atoms with Gasteiger partial charge in [0.25, 0.3) is 0 Å². The highest BCUT2D eigenvalue weighted by molar-refractivity contribution is 5.87. The van der Waals surface area contributed by atoms with Crippen molar-refractivity contribution in [3.8, 4) is 0 Å². The molecule has 0 aromatic heterocycles. The van der Waals surface area contributed by atoms with E-state index in [1.807, 2.05) is 13.8 Å². The molecule has 2 aliphatic rings. The number of carbonyl (C=O) groups excluding carboxylic acids is 3. The Morgan fingerprint density at radius 1 is 1.00 bits per heavy atom. The molecule has 1 saturated heterocycles. The number of urea groups is 1. The first kappa shape index (κ1) is 23.5. The van der Waals surface area contributed by atoms with Crippen LogP contribution in [0.3, 0.4) is 0 Å². The van der Waals surface area contributed by atoms with Crippen molar-refractivity contribution in [2.45, 2.75) is 58.0 Å². The van der Waals surface area contributed by atoms with Crippen molar-refractivity contribution >= 4 is 30.3 Å². The van der Waals surface area contributed by atoms with Gasteiger partial charge in [0.1, 0.15) is 0 Å². The van der Waals surface area contributed by atoms with Gasteiger partial charge < -0.3 is 26.2 Å². The van der Waals surface area contributed by atoms with Crippen molar-refractivity contribution in [1.82, 2.24) is 20.4 Å². The van der Waals surface area contributed by atoms with E-state index < -0.39 is 6.04 Å². The summed E-state index contributed by atoms with van der Waals surface area (Å²) in [5.74, 6) is -0.420. The number of hydrogen-bond acceptors (Lipinski definition) is 4. The summed E-state index contributed by atoms with van der Waals surface area (Å²) in [7, 11) is 0. The minimum Gasteiger partial charge on any atom is -0.346 e. The molecule has 1 saturated carbocycles. The Kier molecular flexibility index (Phi) is 9.87. The number of nitrogens with zero attached hydrogens (tertiary/aromatic N) is 2. The predicted molar refractivity (Wildman–Crippen MR) is 107 cm³/mol. The Hall–Kier alpha value is -1.54. The minimum absolute atomic E-state index is 0. The number of hydrogen-bond donors (Lipinski definition) is 3. The van der Waals surface area contributed by atoms with E-state index in [4.69, 9.17) is 5.73 Å². The van der Waals surface area contributed by atoms with Crippen molar-refractivity contribution < 1.29 is 14.4 Å². The lowest BCUT2D eigenvalue weighted by Crippen LogP contribution is -2.56. The van der Waals surface area contributed by atoms with E-state index in [0.29, 0.717) is 26.2 Å². The van der Waals surface area contributed by atoms with Crippen LogP contribution in [0.4, 0.5) is 4.79 Å². The van der Waals surface area contributed by atoms with Gasteiger partial charge in [0.2, 0.25) is 11.8 Å². The van der Waals surface area contributed by atoms with E-state index in [-0.39, 0.29) is 48.8 Å². The normalized spacial score (nSPS) is 19.3. The first-order valence-electron chi connectivity index (χ1n) is 9.75. The fraction of sp³-hybridized carbons (Fsp3) is 0.833. The molecule has 4 N–H and O–H groups in total. The largest absolute Gasteiger partial charge is 0.346 e. The monoisotopic (exact) mass is 403 g/mol. The average Bonchev–Trinajstić information content (AvgIpc) is 2.66. The maximum atomic E-state index is 12.3.